The fourth-order valence-corrected chi connectivity index (χ4v) is 3.60. The Morgan fingerprint density at radius 1 is 1.21 bits per heavy atom. The number of rotatable bonds is 7. The van der Waals surface area contributed by atoms with Crippen LogP contribution in [0.2, 0.25) is 0 Å². The number of hydrogen-bond acceptors (Lipinski definition) is 4. The van der Waals surface area contributed by atoms with E-state index >= 15 is 0 Å². The predicted octanol–water partition coefficient (Wildman–Crippen LogP) is 4.19. The lowest BCUT2D eigenvalue weighted by molar-refractivity contribution is -0.123. The van der Waals surface area contributed by atoms with Crippen molar-refractivity contribution in [3.05, 3.63) is 54.1 Å². The molecule has 3 rings (SSSR count). The van der Waals surface area contributed by atoms with Gasteiger partial charge in [-0.15, -0.1) is 0 Å². The number of anilines is 1. The van der Waals surface area contributed by atoms with E-state index in [0.29, 0.717) is 11.5 Å². The lowest BCUT2D eigenvalue weighted by Gasteiger charge is -2.33. The number of carbonyl (C=O) groups excluding carboxylic acids is 1. The van der Waals surface area contributed by atoms with E-state index in [4.69, 9.17) is 9.47 Å². The van der Waals surface area contributed by atoms with E-state index in [9.17, 15) is 4.79 Å². The Morgan fingerprint density at radius 3 is 2.68 bits per heavy atom. The Balaban J connectivity index is 1.50. The minimum absolute atomic E-state index is 0.0265. The molecule has 0 aliphatic carbocycles. The van der Waals surface area contributed by atoms with Gasteiger partial charge in [0.1, 0.15) is 11.5 Å². The largest absolute Gasteiger partial charge is 0.497 e. The molecule has 2 aromatic rings. The maximum absolute atomic E-state index is 12.2. The molecule has 0 spiro atoms. The zero-order chi connectivity index (χ0) is 19.9. The fraction of sp³-hybridized carbons (Fsp3) is 0.435. The van der Waals surface area contributed by atoms with E-state index in [-0.39, 0.29) is 18.6 Å². The summed E-state index contributed by atoms with van der Waals surface area (Å²) in [6.07, 6.45) is 2.57. The molecule has 2 aromatic carbocycles. The molecule has 28 heavy (non-hydrogen) atoms. The molecule has 1 heterocycles. The van der Waals surface area contributed by atoms with Crippen molar-refractivity contribution in [3.8, 4) is 11.5 Å². The molecule has 0 bridgehead atoms. The van der Waals surface area contributed by atoms with Crippen LogP contribution in [0.3, 0.4) is 0 Å². The Hall–Kier alpha value is -2.69. The number of benzene rings is 2. The van der Waals surface area contributed by atoms with Gasteiger partial charge in [0.2, 0.25) is 0 Å². The number of methoxy groups -OCH3 is 1. The Labute approximate surface area is 167 Å². The second-order valence-electron chi connectivity index (χ2n) is 7.54. The van der Waals surface area contributed by atoms with Gasteiger partial charge in [0, 0.05) is 24.8 Å². The molecule has 5 nitrogen and oxygen atoms in total. The first-order chi connectivity index (χ1) is 13.5. The second kappa shape index (κ2) is 9.49. The van der Waals surface area contributed by atoms with Crippen LogP contribution in [0.5, 0.6) is 11.5 Å². The topological polar surface area (TPSA) is 50.8 Å². The summed E-state index contributed by atoms with van der Waals surface area (Å²) >= 11 is 0. The molecule has 0 radical (unpaired) electrons. The molecule has 1 aliphatic rings. The smallest absolute Gasteiger partial charge is 0.258 e. The van der Waals surface area contributed by atoms with E-state index in [1.165, 1.54) is 18.5 Å². The van der Waals surface area contributed by atoms with Crippen molar-refractivity contribution in [1.82, 2.24) is 5.32 Å². The Bertz CT molecular complexity index is 776. The molecular weight excluding hydrogens is 352 g/mol. The first-order valence-electron chi connectivity index (χ1n) is 9.96. The van der Waals surface area contributed by atoms with E-state index in [1.807, 2.05) is 19.1 Å². The van der Waals surface area contributed by atoms with Crippen molar-refractivity contribution >= 4 is 11.6 Å². The molecule has 1 aliphatic heterocycles. The number of nitrogens with one attached hydrogen (secondary N) is 1. The third kappa shape index (κ3) is 5.41. The summed E-state index contributed by atoms with van der Waals surface area (Å²) in [6.45, 7) is 6.51. The van der Waals surface area contributed by atoms with Crippen LogP contribution in [-0.2, 0) is 4.79 Å². The Kier molecular flexibility index (Phi) is 6.80. The molecule has 150 valence electrons. The van der Waals surface area contributed by atoms with Gasteiger partial charge in [0.15, 0.2) is 6.61 Å². The van der Waals surface area contributed by atoms with Crippen LogP contribution in [0.15, 0.2) is 48.5 Å². The second-order valence-corrected chi connectivity index (χ2v) is 7.54. The summed E-state index contributed by atoms with van der Waals surface area (Å²) in [5.74, 6) is 1.91. The van der Waals surface area contributed by atoms with Gasteiger partial charge in [-0.1, -0.05) is 25.1 Å². The average Bonchev–Trinajstić information content (AvgIpc) is 2.72. The lowest BCUT2D eigenvalue weighted by atomic mass is 9.99. The molecule has 0 aromatic heterocycles. The van der Waals surface area contributed by atoms with Crippen LogP contribution >= 0.6 is 0 Å². The first kappa shape index (κ1) is 20.1. The van der Waals surface area contributed by atoms with E-state index < -0.39 is 0 Å². The van der Waals surface area contributed by atoms with Gasteiger partial charge in [0.25, 0.3) is 5.91 Å². The molecule has 5 heteroatoms. The summed E-state index contributed by atoms with van der Waals surface area (Å²) < 4.78 is 10.7. The lowest BCUT2D eigenvalue weighted by Crippen LogP contribution is -2.34. The van der Waals surface area contributed by atoms with E-state index in [0.717, 1.165) is 24.6 Å². The van der Waals surface area contributed by atoms with Gasteiger partial charge in [-0.25, -0.2) is 0 Å². The molecule has 0 saturated carbocycles. The van der Waals surface area contributed by atoms with Crippen LogP contribution in [0.25, 0.3) is 0 Å². The Morgan fingerprint density at radius 2 is 1.96 bits per heavy atom. The molecule has 1 fully saturated rings. The highest BCUT2D eigenvalue weighted by atomic mass is 16.5. The SMILES string of the molecule is COc1cccc(OCC(=O)NC(C)c2ccc(N3CCCC(C)C3)cc2)c1. The maximum Gasteiger partial charge on any atom is 0.258 e. The highest BCUT2D eigenvalue weighted by Gasteiger charge is 2.17. The minimum atomic E-state index is -0.149. The summed E-state index contributed by atoms with van der Waals surface area (Å²) in [7, 11) is 1.60. The summed E-state index contributed by atoms with van der Waals surface area (Å²) in [5, 5.41) is 2.99. The highest BCUT2D eigenvalue weighted by Crippen LogP contribution is 2.24. The van der Waals surface area contributed by atoms with Crippen LogP contribution in [-0.4, -0.2) is 32.7 Å². The number of hydrogen-bond donors (Lipinski definition) is 1. The van der Waals surface area contributed by atoms with Gasteiger partial charge in [-0.3, -0.25) is 4.79 Å². The molecule has 2 atom stereocenters. The molecule has 1 saturated heterocycles. The molecule has 1 N–H and O–H groups in total. The number of carbonyl (C=O) groups is 1. The van der Waals surface area contributed by atoms with Crippen molar-refractivity contribution in [1.29, 1.82) is 0 Å². The summed E-state index contributed by atoms with van der Waals surface area (Å²) in [4.78, 5) is 14.7. The van der Waals surface area contributed by atoms with E-state index in [2.05, 4.69) is 41.4 Å². The average molecular weight is 383 g/mol. The number of nitrogens with zero attached hydrogens (tertiary/aromatic N) is 1. The third-order valence-electron chi connectivity index (χ3n) is 5.20. The standard InChI is InChI=1S/C23H30N2O3/c1-17-6-5-13-25(15-17)20-11-9-19(10-12-20)18(2)24-23(26)16-28-22-8-4-7-21(14-22)27-3/h4,7-12,14,17-18H,5-6,13,15-16H2,1-3H3,(H,24,26). The van der Waals surface area contributed by atoms with Gasteiger partial charge in [0.05, 0.1) is 13.2 Å². The molecular formula is C23H30N2O3. The van der Waals surface area contributed by atoms with Crippen molar-refractivity contribution in [3.63, 3.8) is 0 Å². The quantitative estimate of drug-likeness (QED) is 0.780. The zero-order valence-corrected chi connectivity index (χ0v) is 17.0. The number of amides is 1. The van der Waals surface area contributed by atoms with Crippen LogP contribution in [0.4, 0.5) is 5.69 Å². The minimum Gasteiger partial charge on any atom is -0.497 e. The predicted molar refractivity (Wildman–Crippen MR) is 112 cm³/mol. The van der Waals surface area contributed by atoms with Gasteiger partial charge in [-0.05, 0) is 55.5 Å². The number of ether oxygens (including phenoxy) is 2. The van der Waals surface area contributed by atoms with Gasteiger partial charge < -0.3 is 19.7 Å². The maximum atomic E-state index is 12.2. The zero-order valence-electron chi connectivity index (χ0n) is 17.0. The van der Waals surface area contributed by atoms with Crippen molar-refractivity contribution in [2.45, 2.75) is 32.7 Å². The van der Waals surface area contributed by atoms with Gasteiger partial charge >= 0.3 is 0 Å². The summed E-state index contributed by atoms with van der Waals surface area (Å²) in [6, 6.07) is 15.7. The van der Waals surface area contributed by atoms with Crippen LogP contribution in [0, 0.1) is 5.92 Å². The monoisotopic (exact) mass is 382 g/mol. The van der Waals surface area contributed by atoms with Crippen molar-refractivity contribution < 1.29 is 14.3 Å². The van der Waals surface area contributed by atoms with E-state index in [1.54, 1.807) is 19.2 Å². The third-order valence-corrected chi connectivity index (χ3v) is 5.20. The molecule has 2 unspecified atom stereocenters. The number of piperidine rings is 1. The molecule has 1 amide bonds. The van der Waals surface area contributed by atoms with Crippen molar-refractivity contribution in [2.75, 3.05) is 31.7 Å². The van der Waals surface area contributed by atoms with Crippen LogP contribution < -0.4 is 19.7 Å². The normalized spacial score (nSPS) is 17.7. The fourth-order valence-electron chi connectivity index (χ4n) is 3.60. The highest BCUT2D eigenvalue weighted by molar-refractivity contribution is 5.78. The first-order valence-corrected chi connectivity index (χ1v) is 9.96. The van der Waals surface area contributed by atoms with Crippen molar-refractivity contribution in [2.24, 2.45) is 5.92 Å². The summed E-state index contributed by atoms with van der Waals surface area (Å²) in [5.41, 5.74) is 2.35. The van der Waals surface area contributed by atoms with Crippen LogP contribution in [0.1, 0.15) is 38.3 Å². The van der Waals surface area contributed by atoms with Gasteiger partial charge in [-0.2, -0.15) is 0 Å².